The fraction of sp³-hybridized carbons (Fsp3) is 0.920. The van der Waals surface area contributed by atoms with Gasteiger partial charge in [-0.05, 0) is 33.1 Å². The molecule has 348 valence electrons. The number of carbonyl (C=O) groups excluding carboxylic acids is 1. The lowest BCUT2D eigenvalue weighted by molar-refractivity contribution is -0.143. The highest BCUT2D eigenvalue weighted by Gasteiger charge is 2.65. The first kappa shape index (κ1) is 58.2. The van der Waals surface area contributed by atoms with Crippen molar-refractivity contribution in [1.29, 1.82) is 0 Å². The van der Waals surface area contributed by atoms with E-state index in [9.17, 15) is 14.7 Å². The average Bonchev–Trinajstić information content (AvgIpc) is 3.12. The Bertz CT molecular complexity index is 1090. The highest BCUT2D eigenvalue weighted by molar-refractivity contribution is 7.92. The van der Waals surface area contributed by atoms with Crippen LogP contribution in [0.1, 0.15) is 216 Å². The molecule has 0 aliphatic carbocycles. The van der Waals surface area contributed by atoms with Gasteiger partial charge in [0.15, 0.2) is 0 Å². The van der Waals surface area contributed by atoms with Crippen LogP contribution in [0.25, 0.3) is 0 Å². The zero-order valence-electron chi connectivity index (χ0n) is 42.3. The molecule has 0 aromatic rings. The molecule has 9 heteroatoms. The molecule has 0 unspecified atom stereocenters. The van der Waals surface area contributed by atoms with Crippen molar-refractivity contribution in [3.63, 3.8) is 0 Å². The van der Waals surface area contributed by atoms with Gasteiger partial charge in [0.05, 0.1) is 29.3 Å². The van der Waals surface area contributed by atoms with E-state index in [1.165, 1.54) is 177 Å². The molecule has 0 rings (SSSR count). The molecule has 0 saturated heterocycles. The van der Waals surface area contributed by atoms with Crippen molar-refractivity contribution >= 4 is 41.5 Å². The standard InChI is InChI=1S/C50H103NO4Si4/c1-15-18-21-24-27-30-33-36-41-56(9,10)59(57(11,12)42-37-34-31-28-25-22-19-16-2,58(13,14)43-38-35-32-29-26-23-20-17-3)44-39-40-51(49(54)55-50(6,7)8)47(48(52)53)45-46(4)5/h46-47H,15-38,40-43,45H2,1-14H3,(H,52,53)/t47-/m0/s1. The summed E-state index contributed by atoms with van der Waals surface area (Å²) >= 11 is 0. The minimum atomic E-state index is -2.25. The number of hydrogen-bond acceptors (Lipinski definition) is 3. The summed E-state index contributed by atoms with van der Waals surface area (Å²) in [7, 11) is -5.67. The van der Waals surface area contributed by atoms with E-state index in [4.69, 9.17) is 4.74 Å². The Labute approximate surface area is 373 Å². The summed E-state index contributed by atoms with van der Waals surface area (Å²) in [6.07, 6.45) is 32.2. The second-order valence-corrected chi connectivity index (χ2v) is 60.0. The molecule has 0 saturated carbocycles. The van der Waals surface area contributed by atoms with E-state index in [1.54, 1.807) is 0 Å². The maximum Gasteiger partial charge on any atom is 0.411 e. The minimum absolute atomic E-state index is 0.122. The van der Waals surface area contributed by atoms with Crippen molar-refractivity contribution in [2.45, 2.75) is 285 Å². The molecule has 0 radical (unpaired) electrons. The van der Waals surface area contributed by atoms with Gasteiger partial charge in [0, 0.05) is 0 Å². The third-order valence-corrected chi connectivity index (χ3v) is 83.2. The Morgan fingerprint density at radius 1 is 0.559 bits per heavy atom. The van der Waals surface area contributed by atoms with Gasteiger partial charge >= 0.3 is 12.1 Å². The van der Waals surface area contributed by atoms with Crippen molar-refractivity contribution < 1.29 is 19.4 Å². The third kappa shape index (κ3) is 22.9. The molecule has 1 amide bonds. The highest BCUT2D eigenvalue weighted by atomic mass is 29.9. The number of carbonyl (C=O) groups is 2. The lowest BCUT2D eigenvalue weighted by Crippen LogP contribution is -2.84. The number of amides is 1. The van der Waals surface area contributed by atoms with Crippen LogP contribution in [0.15, 0.2) is 0 Å². The maximum absolute atomic E-state index is 13.9. The fourth-order valence-electron chi connectivity index (χ4n) is 10.6. The minimum Gasteiger partial charge on any atom is -0.480 e. The molecule has 0 spiro atoms. The topological polar surface area (TPSA) is 66.8 Å². The van der Waals surface area contributed by atoms with Gasteiger partial charge in [-0.1, -0.05) is 252 Å². The van der Waals surface area contributed by atoms with E-state index < -0.39 is 53.1 Å². The molecule has 0 fully saturated rings. The molecular weight excluding hydrogens is 791 g/mol. The number of carboxylic acids is 1. The summed E-state index contributed by atoms with van der Waals surface area (Å²) < 4.78 is 5.91. The predicted molar refractivity (Wildman–Crippen MR) is 272 cm³/mol. The summed E-state index contributed by atoms with van der Waals surface area (Å²) in [5, 5.41) is 10.5. The van der Waals surface area contributed by atoms with Crippen LogP contribution in [0.4, 0.5) is 4.79 Å². The summed E-state index contributed by atoms with van der Waals surface area (Å²) in [5.41, 5.74) is 3.69. The fourth-order valence-corrected chi connectivity index (χ4v) is 104. The summed E-state index contributed by atoms with van der Waals surface area (Å²) in [4.78, 5) is 28.2. The molecule has 5 nitrogen and oxygen atoms in total. The maximum atomic E-state index is 13.9. The van der Waals surface area contributed by atoms with Gasteiger partial charge in [0.1, 0.15) is 18.3 Å². The Morgan fingerprint density at radius 2 is 0.864 bits per heavy atom. The van der Waals surface area contributed by atoms with Crippen molar-refractivity contribution in [2.75, 3.05) is 6.54 Å². The second kappa shape index (κ2) is 31.1. The third-order valence-electron chi connectivity index (χ3n) is 13.5. The Kier molecular flexibility index (Phi) is 30.6. The van der Waals surface area contributed by atoms with Gasteiger partial charge in [-0.15, -0.1) is 5.54 Å². The van der Waals surface area contributed by atoms with E-state index >= 15 is 0 Å². The van der Waals surface area contributed by atoms with Gasteiger partial charge in [-0.2, -0.15) is 0 Å². The highest BCUT2D eigenvalue weighted by Crippen LogP contribution is 2.44. The number of nitrogens with zero attached hydrogens (tertiary/aromatic N) is 1. The quantitative estimate of drug-likeness (QED) is 0.0391. The SMILES string of the molecule is CCCCCCCCCC[Si](C)(C)[Si](C#CCN(C(=O)OC(C)(C)C)[C@@H](CC(C)C)C(=O)O)([Si](C)(C)CCCCCCCCCC)[Si](C)(C)CCCCCCCCCC. The summed E-state index contributed by atoms with van der Waals surface area (Å²) in [6.45, 7) is 31.1. The molecule has 0 aliphatic rings. The number of unbranched alkanes of at least 4 members (excludes halogenated alkanes) is 21. The van der Waals surface area contributed by atoms with Crippen LogP contribution in [-0.4, -0.2) is 69.7 Å². The van der Waals surface area contributed by atoms with Crippen molar-refractivity contribution in [2.24, 2.45) is 5.92 Å². The number of carboxylic acid groups (broad SMARTS) is 1. The van der Waals surface area contributed by atoms with Crippen molar-refractivity contribution in [1.82, 2.24) is 4.90 Å². The van der Waals surface area contributed by atoms with Gasteiger partial charge in [0.2, 0.25) is 0 Å². The van der Waals surface area contributed by atoms with Crippen LogP contribution >= 0.6 is 0 Å². The van der Waals surface area contributed by atoms with E-state index in [2.05, 4.69) is 71.5 Å². The predicted octanol–water partition coefficient (Wildman–Crippen LogP) is 16.5. The smallest absolute Gasteiger partial charge is 0.411 e. The van der Waals surface area contributed by atoms with Gasteiger partial charge in [-0.25, -0.2) is 9.59 Å². The van der Waals surface area contributed by atoms with Crippen LogP contribution in [0, 0.1) is 17.4 Å². The summed E-state index contributed by atoms with van der Waals surface area (Å²) in [5.74, 6) is 2.95. The van der Waals surface area contributed by atoms with Gasteiger partial charge in [-0.3, -0.25) is 4.90 Å². The monoisotopic (exact) mass is 894 g/mol. The van der Waals surface area contributed by atoms with Crippen LogP contribution in [-0.2, 0) is 9.53 Å². The van der Waals surface area contributed by atoms with Crippen molar-refractivity contribution in [3.05, 3.63) is 0 Å². The molecule has 59 heavy (non-hydrogen) atoms. The van der Waals surface area contributed by atoms with E-state index in [0.29, 0.717) is 6.42 Å². The number of ether oxygens (including phenoxy) is 1. The lowest BCUT2D eigenvalue weighted by Gasteiger charge is -2.57. The molecule has 0 heterocycles. The summed E-state index contributed by atoms with van der Waals surface area (Å²) in [6, 6.07) is 3.14. The average molecular weight is 895 g/mol. The molecule has 0 aromatic heterocycles. The molecule has 0 bridgehead atoms. The molecule has 0 aliphatic heterocycles. The number of rotatable bonds is 35. The van der Waals surface area contributed by atoms with Crippen LogP contribution in [0.2, 0.25) is 57.4 Å². The van der Waals surface area contributed by atoms with Crippen LogP contribution < -0.4 is 0 Å². The number of aliphatic carboxylic acids is 1. The first-order chi connectivity index (χ1) is 27.7. The first-order valence-electron chi connectivity index (χ1n) is 25.4. The van der Waals surface area contributed by atoms with E-state index in [-0.39, 0.29) is 12.5 Å². The van der Waals surface area contributed by atoms with Gasteiger partial charge in [0.25, 0.3) is 0 Å². The van der Waals surface area contributed by atoms with E-state index in [0.717, 1.165) is 0 Å². The molecular formula is C50H103NO4Si4. The first-order valence-corrected chi connectivity index (χ1v) is 40.0. The Balaban J connectivity index is 7.19. The zero-order valence-corrected chi connectivity index (χ0v) is 46.3. The molecule has 1 atom stereocenters. The number of hydrogen-bond donors (Lipinski definition) is 1. The van der Waals surface area contributed by atoms with Crippen molar-refractivity contribution in [3.8, 4) is 11.5 Å². The zero-order chi connectivity index (χ0) is 45.0. The largest absolute Gasteiger partial charge is 0.480 e. The lowest BCUT2D eigenvalue weighted by atomic mass is 10.0. The van der Waals surface area contributed by atoms with Crippen LogP contribution in [0.5, 0.6) is 0 Å². The van der Waals surface area contributed by atoms with E-state index in [1.807, 2.05) is 34.6 Å². The Hall–Kier alpha value is -0.832. The molecule has 0 aromatic carbocycles. The Morgan fingerprint density at radius 3 is 1.14 bits per heavy atom. The van der Waals surface area contributed by atoms with Gasteiger partial charge < -0.3 is 9.84 Å². The van der Waals surface area contributed by atoms with Crippen LogP contribution in [0.3, 0.4) is 0 Å². The molecule has 1 N–H and O–H groups in total. The normalized spacial score (nSPS) is 13.3. The second-order valence-electron chi connectivity index (χ2n) is 22.0.